The Labute approximate surface area is 159 Å². The molecule has 1 N–H and O–H groups in total. The number of hydrogen-bond acceptors (Lipinski definition) is 2. The molecule has 1 amide bonds. The van der Waals surface area contributed by atoms with Gasteiger partial charge in [-0.3, -0.25) is 4.79 Å². The highest BCUT2D eigenvalue weighted by atomic mass is 16.1. The van der Waals surface area contributed by atoms with Crippen molar-refractivity contribution < 1.29 is 4.79 Å². The molecule has 3 rings (SSSR count). The van der Waals surface area contributed by atoms with Gasteiger partial charge in [-0.15, -0.1) is 0 Å². The van der Waals surface area contributed by atoms with Gasteiger partial charge < -0.3 is 5.32 Å². The molecule has 130 valence electrons. The fourth-order valence-electron chi connectivity index (χ4n) is 2.83. The quantitative estimate of drug-likeness (QED) is 0.727. The van der Waals surface area contributed by atoms with E-state index in [2.05, 4.69) is 47.5 Å². The second-order valence-electron chi connectivity index (χ2n) is 6.03. The Morgan fingerprint density at radius 3 is 2.04 bits per heavy atom. The van der Waals surface area contributed by atoms with Crippen molar-refractivity contribution in [1.82, 2.24) is 5.32 Å². The number of carbonyl (C=O) groups is 1. The number of carbonyl (C=O) groups excluding carboxylic acids is 1. The molecule has 3 aromatic carbocycles. The van der Waals surface area contributed by atoms with E-state index in [9.17, 15) is 4.79 Å². The Kier molecular flexibility index (Phi) is 6.02. The monoisotopic (exact) mass is 350 g/mol. The van der Waals surface area contributed by atoms with Gasteiger partial charge in [-0.05, 0) is 29.3 Å². The predicted octanol–water partition coefficient (Wildman–Crippen LogP) is 3.86. The Morgan fingerprint density at radius 2 is 1.44 bits per heavy atom. The lowest BCUT2D eigenvalue weighted by Crippen LogP contribution is -2.27. The van der Waals surface area contributed by atoms with Crippen LogP contribution in [0, 0.1) is 23.2 Å². The van der Waals surface area contributed by atoms with Crippen molar-refractivity contribution in [2.45, 2.75) is 5.92 Å². The van der Waals surface area contributed by atoms with Crippen LogP contribution in [-0.4, -0.2) is 12.5 Å². The van der Waals surface area contributed by atoms with Gasteiger partial charge in [0.2, 0.25) is 0 Å². The minimum atomic E-state index is -0.339. The zero-order valence-electron chi connectivity index (χ0n) is 14.7. The summed E-state index contributed by atoms with van der Waals surface area (Å²) in [6, 6.07) is 29.1. The average molecular weight is 350 g/mol. The molecule has 0 unspecified atom stereocenters. The van der Waals surface area contributed by atoms with Gasteiger partial charge in [-0.1, -0.05) is 72.7 Å². The van der Waals surface area contributed by atoms with Gasteiger partial charge in [0.25, 0.3) is 5.91 Å². The number of nitrogens with one attached hydrogen (secondary N) is 1. The number of nitrogens with zero attached hydrogens (tertiary/aromatic N) is 1. The first kappa shape index (κ1) is 18.0. The lowest BCUT2D eigenvalue weighted by molar-refractivity contribution is -0.115. The summed E-state index contributed by atoms with van der Waals surface area (Å²) < 4.78 is 0. The fourth-order valence-corrected chi connectivity index (χ4v) is 2.83. The number of rotatable bonds is 4. The Hall–Kier alpha value is -3.82. The maximum Gasteiger partial charge on any atom is 0.296 e. The van der Waals surface area contributed by atoms with Gasteiger partial charge in [-0.2, -0.15) is 5.26 Å². The highest BCUT2D eigenvalue weighted by Crippen LogP contribution is 2.23. The van der Waals surface area contributed by atoms with Crippen molar-refractivity contribution in [2.24, 2.45) is 0 Å². The van der Waals surface area contributed by atoms with Crippen LogP contribution in [0.2, 0.25) is 0 Å². The van der Waals surface area contributed by atoms with Crippen LogP contribution in [0.25, 0.3) is 0 Å². The van der Waals surface area contributed by atoms with Crippen LogP contribution >= 0.6 is 0 Å². The Bertz CT molecular complexity index is 969. The van der Waals surface area contributed by atoms with E-state index < -0.39 is 0 Å². The van der Waals surface area contributed by atoms with Gasteiger partial charge in [0.1, 0.15) is 0 Å². The maximum atomic E-state index is 12.2. The van der Waals surface area contributed by atoms with Gasteiger partial charge in [0, 0.05) is 23.9 Å². The largest absolute Gasteiger partial charge is 0.344 e. The second kappa shape index (κ2) is 9.04. The van der Waals surface area contributed by atoms with Crippen LogP contribution in [0.5, 0.6) is 0 Å². The maximum absolute atomic E-state index is 12.2. The van der Waals surface area contributed by atoms with Crippen molar-refractivity contribution >= 4 is 5.91 Å². The van der Waals surface area contributed by atoms with E-state index in [-0.39, 0.29) is 11.8 Å². The smallest absolute Gasteiger partial charge is 0.296 e. The molecule has 0 radical (unpaired) electrons. The molecule has 27 heavy (non-hydrogen) atoms. The van der Waals surface area contributed by atoms with E-state index in [1.54, 1.807) is 24.3 Å². The van der Waals surface area contributed by atoms with Crippen LogP contribution in [0.4, 0.5) is 0 Å². The summed E-state index contributed by atoms with van der Waals surface area (Å²) in [6.45, 7) is 0.458. The molecule has 0 fully saturated rings. The summed E-state index contributed by atoms with van der Waals surface area (Å²) in [6.07, 6.45) is 0. The first-order chi connectivity index (χ1) is 13.3. The number of nitriles is 1. The van der Waals surface area contributed by atoms with Gasteiger partial charge in [0.05, 0.1) is 11.6 Å². The van der Waals surface area contributed by atoms with Gasteiger partial charge in [-0.25, -0.2) is 0 Å². The molecule has 0 saturated heterocycles. The molecule has 0 aliphatic heterocycles. The summed E-state index contributed by atoms with van der Waals surface area (Å²) in [4.78, 5) is 12.2. The van der Waals surface area contributed by atoms with Crippen LogP contribution < -0.4 is 5.32 Å². The van der Waals surface area contributed by atoms with E-state index in [4.69, 9.17) is 5.26 Å². The lowest BCUT2D eigenvalue weighted by atomic mass is 9.91. The molecule has 0 atom stereocenters. The lowest BCUT2D eigenvalue weighted by Gasteiger charge is -2.18. The summed E-state index contributed by atoms with van der Waals surface area (Å²) in [5, 5.41) is 11.8. The first-order valence-corrected chi connectivity index (χ1v) is 8.66. The van der Waals surface area contributed by atoms with Gasteiger partial charge in [0.15, 0.2) is 0 Å². The van der Waals surface area contributed by atoms with E-state index >= 15 is 0 Å². The molecule has 0 aliphatic rings. The van der Waals surface area contributed by atoms with E-state index in [0.29, 0.717) is 17.7 Å². The third-order valence-electron chi connectivity index (χ3n) is 4.18. The minimum Gasteiger partial charge on any atom is -0.344 e. The highest BCUT2D eigenvalue weighted by Gasteiger charge is 2.14. The third kappa shape index (κ3) is 5.08. The molecule has 0 saturated carbocycles. The fraction of sp³-hybridized carbons (Fsp3) is 0.0833. The Morgan fingerprint density at radius 1 is 0.852 bits per heavy atom. The minimum absolute atomic E-state index is 0.0556. The van der Waals surface area contributed by atoms with Crippen molar-refractivity contribution in [1.29, 1.82) is 5.26 Å². The molecule has 0 spiro atoms. The number of amides is 1. The second-order valence-corrected chi connectivity index (χ2v) is 6.03. The summed E-state index contributed by atoms with van der Waals surface area (Å²) in [5.41, 5.74) is 3.44. The highest BCUT2D eigenvalue weighted by molar-refractivity contribution is 5.94. The van der Waals surface area contributed by atoms with Crippen molar-refractivity contribution in [2.75, 3.05) is 6.54 Å². The van der Waals surface area contributed by atoms with Crippen molar-refractivity contribution in [3.63, 3.8) is 0 Å². The molecular weight excluding hydrogens is 332 g/mol. The first-order valence-electron chi connectivity index (χ1n) is 8.66. The SMILES string of the molecule is N#Cc1cccc(C#CC(=O)NCC(c2ccccc2)c2ccccc2)c1. The summed E-state index contributed by atoms with van der Waals surface area (Å²) in [5.74, 6) is 5.13. The van der Waals surface area contributed by atoms with E-state index in [0.717, 1.165) is 11.1 Å². The van der Waals surface area contributed by atoms with E-state index in [1.165, 1.54) is 0 Å². The molecule has 3 aromatic rings. The molecular formula is C24H18N2O. The topological polar surface area (TPSA) is 52.9 Å². The number of hydrogen-bond donors (Lipinski definition) is 1. The molecule has 0 heterocycles. The van der Waals surface area contributed by atoms with E-state index in [1.807, 2.05) is 36.4 Å². The zero-order valence-corrected chi connectivity index (χ0v) is 14.7. The van der Waals surface area contributed by atoms with Crippen molar-refractivity contribution in [3.8, 4) is 17.9 Å². The third-order valence-corrected chi connectivity index (χ3v) is 4.18. The summed E-state index contributed by atoms with van der Waals surface area (Å²) >= 11 is 0. The average Bonchev–Trinajstić information content (AvgIpc) is 2.74. The van der Waals surface area contributed by atoms with Crippen LogP contribution in [0.1, 0.15) is 28.2 Å². The van der Waals surface area contributed by atoms with Crippen LogP contribution in [-0.2, 0) is 4.79 Å². The Balaban J connectivity index is 1.72. The zero-order chi connectivity index (χ0) is 18.9. The normalized spacial score (nSPS) is 9.78. The predicted molar refractivity (Wildman–Crippen MR) is 106 cm³/mol. The van der Waals surface area contributed by atoms with Gasteiger partial charge >= 0.3 is 0 Å². The molecule has 0 aliphatic carbocycles. The molecule has 3 heteroatoms. The number of benzene rings is 3. The van der Waals surface area contributed by atoms with Crippen LogP contribution in [0.15, 0.2) is 84.9 Å². The van der Waals surface area contributed by atoms with Crippen molar-refractivity contribution in [3.05, 3.63) is 107 Å². The van der Waals surface area contributed by atoms with Crippen LogP contribution in [0.3, 0.4) is 0 Å². The standard InChI is InChI=1S/C24H18N2O/c25-17-20-9-7-8-19(16-20)14-15-24(27)26-18-23(21-10-3-1-4-11-21)22-12-5-2-6-13-22/h1-13,16,23H,18H2,(H,26,27). The molecule has 0 aromatic heterocycles. The molecule has 3 nitrogen and oxygen atoms in total. The summed E-state index contributed by atoms with van der Waals surface area (Å²) in [7, 11) is 0. The molecule has 0 bridgehead atoms.